The predicted octanol–water partition coefficient (Wildman–Crippen LogP) is 3.73. The van der Waals surface area contributed by atoms with Crippen LogP contribution in [0.15, 0.2) is 60.7 Å². The van der Waals surface area contributed by atoms with Crippen LogP contribution in [0.2, 0.25) is 0 Å². The second-order valence-electron chi connectivity index (χ2n) is 5.42. The minimum Gasteiger partial charge on any atom is -0.489 e. The lowest BCUT2D eigenvalue weighted by Crippen LogP contribution is -2.40. The number of likely N-dealkylation sites (tertiary alicyclic amines) is 1. The maximum atomic E-state index is 6.08. The molecule has 1 heterocycles. The van der Waals surface area contributed by atoms with Crippen molar-refractivity contribution in [3.8, 4) is 5.75 Å². The van der Waals surface area contributed by atoms with Gasteiger partial charge in [-0.1, -0.05) is 48.5 Å². The van der Waals surface area contributed by atoms with Gasteiger partial charge in [-0.15, -0.1) is 0 Å². The van der Waals surface area contributed by atoms with Gasteiger partial charge in [0.15, 0.2) is 0 Å². The van der Waals surface area contributed by atoms with Crippen LogP contribution in [0, 0.1) is 0 Å². The number of para-hydroxylation sites is 1. The van der Waals surface area contributed by atoms with Crippen LogP contribution in [0.5, 0.6) is 5.75 Å². The Bertz CT molecular complexity index is 464. The van der Waals surface area contributed by atoms with E-state index in [-0.39, 0.29) is 0 Å². The first-order valence-electron chi connectivity index (χ1n) is 7.38. The summed E-state index contributed by atoms with van der Waals surface area (Å²) in [6.07, 6.45) is 2.68. The number of benzene rings is 2. The fourth-order valence-electron chi connectivity index (χ4n) is 2.79. The summed E-state index contributed by atoms with van der Waals surface area (Å²) in [7, 11) is 0. The molecule has 2 aromatic rings. The van der Waals surface area contributed by atoms with Crippen molar-refractivity contribution in [2.24, 2.45) is 0 Å². The molecule has 1 atom stereocenters. The Kier molecular flexibility index (Phi) is 4.34. The molecule has 0 amide bonds. The van der Waals surface area contributed by atoms with Crippen LogP contribution in [0.3, 0.4) is 0 Å². The molecule has 0 unspecified atom stereocenters. The number of piperidine rings is 1. The molecule has 2 aromatic carbocycles. The van der Waals surface area contributed by atoms with Gasteiger partial charge in [0.05, 0.1) is 0 Å². The number of ether oxygens (including phenoxy) is 1. The highest BCUT2D eigenvalue weighted by Gasteiger charge is 2.21. The molecule has 104 valence electrons. The van der Waals surface area contributed by atoms with Gasteiger partial charge in [0.25, 0.3) is 0 Å². The molecule has 20 heavy (non-hydrogen) atoms. The average molecular weight is 267 g/mol. The van der Waals surface area contributed by atoms with Gasteiger partial charge in [-0.2, -0.15) is 0 Å². The molecule has 1 aliphatic rings. The number of nitrogens with zero attached hydrogens (tertiary/aromatic N) is 1. The minimum absolute atomic E-state index is 0.315. The standard InChI is InChI=1S/C18H21NO/c1-3-8-16(9-4-1)14-19-13-7-12-18(15-19)20-17-10-5-2-6-11-17/h1-6,8-11,18H,7,12-15H2/t18-/m1/s1. The molecule has 0 saturated carbocycles. The molecule has 0 radical (unpaired) electrons. The Labute approximate surface area is 121 Å². The molecule has 0 aliphatic carbocycles. The van der Waals surface area contributed by atoms with Crippen molar-refractivity contribution < 1.29 is 4.74 Å². The zero-order valence-electron chi connectivity index (χ0n) is 11.7. The molecule has 1 aliphatic heterocycles. The van der Waals surface area contributed by atoms with Gasteiger partial charge < -0.3 is 4.74 Å². The predicted molar refractivity (Wildman–Crippen MR) is 81.8 cm³/mol. The number of hydrogen-bond acceptors (Lipinski definition) is 2. The molecule has 1 fully saturated rings. The summed E-state index contributed by atoms with van der Waals surface area (Å²) < 4.78 is 6.08. The molecule has 2 nitrogen and oxygen atoms in total. The molecule has 0 spiro atoms. The lowest BCUT2D eigenvalue weighted by Gasteiger charge is -2.32. The first-order valence-corrected chi connectivity index (χ1v) is 7.38. The lowest BCUT2D eigenvalue weighted by atomic mass is 10.1. The van der Waals surface area contributed by atoms with Crippen LogP contribution in [-0.4, -0.2) is 24.1 Å². The smallest absolute Gasteiger partial charge is 0.119 e. The van der Waals surface area contributed by atoms with Gasteiger partial charge in [-0.05, 0) is 37.1 Å². The summed E-state index contributed by atoms with van der Waals surface area (Å²) in [6, 6.07) is 20.8. The molecule has 1 saturated heterocycles. The molecule has 0 N–H and O–H groups in total. The average Bonchev–Trinajstić information content (AvgIpc) is 2.50. The van der Waals surface area contributed by atoms with Crippen LogP contribution < -0.4 is 4.74 Å². The third-order valence-electron chi connectivity index (χ3n) is 3.76. The minimum atomic E-state index is 0.315. The van der Waals surface area contributed by atoms with Crippen LogP contribution in [0.4, 0.5) is 0 Å². The highest BCUT2D eigenvalue weighted by molar-refractivity contribution is 5.21. The van der Waals surface area contributed by atoms with Crippen molar-refractivity contribution in [1.82, 2.24) is 4.90 Å². The van der Waals surface area contributed by atoms with Crippen molar-refractivity contribution in [2.75, 3.05) is 13.1 Å². The Morgan fingerprint density at radius 2 is 1.65 bits per heavy atom. The van der Waals surface area contributed by atoms with E-state index in [4.69, 9.17) is 4.74 Å². The van der Waals surface area contributed by atoms with E-state index in [0.717, 1.165) is 25.3 Å². The van der Waals surface area contributed by atoms with Gasteiger partial charge >= 0.3 is 0 Å². The largest absolute Gasteiger partial charge is 0.489 e. The fraction of sp³-hybridized carbons (Fsp3) is 0.333. The fourth-order valence-corrected chi connectivity index (χ4v) is 2.79. The second-order valence-corrected chi connectivity index (χ2v) is 5.42. The third kappa shape index (κ3) is 3.61. The van der Waals surface area contributed by atoms with Crippen molar-refractivity contribution in [1.29, 1.82) is 0 Å². The molecule has 2 heteroatoms. The maximum absolute atomic E-state index is 6.08. The molecule has 3 rings (SSSR count). The number of rotatable bonds is 4. The van der Waals surface area contributed by atoms with Crippen LogP contribution in [0.25, 0.3) is 0 Å². The van der Waals surface area contributed by atoms with Crippen molar-refractivity contribution in [3.63, 3.8) is 0 Å². The first-order chi connectivity index (χ1) is 9.90. The topological polar surface area (TPSA) is 12.5 Å². The van der Waals surface area contributed by atoms with E-state index in [1.165, 1.54) is 18.5 Å². The van der Waals surface area contributed by atoms with E-state index in [0.29, 0.717) is 6.10 Å². The van der Waals surface area contributed by atoms with Crippen LogP contribution >= 0.6 is 0 Å². The Hall–Kier alpha value is -1.80. The monoisotopic (exact) mass is 267 g/mol. The van der Waals surface area contributed by atoms with Crippen molar-refractivity contribution in [2.45, 2.75) is 25.5 Å². The maximum Gasteiger partial charge on any atom is 0.119 e. The second kappa shape index (κ2) is 6.58. The van der Waals surface area contributed by atoms with Gasteiger partial charge in [0, 0.05) is 13.1 Å². The van der Waals surface area contributed by atoms with E-state index in [1.54, 1.807) is 0 Å². The highest BCUT2D eigenvalue weighted by Crippen LogP contribution is 2.19. The molecule has 0 bridgehead atoms. The van der Waals surface area contributed by atoms with Gasteiger partial charge in [0.1, 0.15) is 11.9 Å². The first kappa shape index (κ1) is 13.2. The summed E-state index contributed by atoms with van der Waals surface area (Å²) in [4.78, 5) is 2.49. The van der Waals surface area contributed by atoms with Gasteiger partial charge in [-0.3, -0.25) is 4.90 Å². The zero-order valence-corrected chi connectivity index (χ0v) is 11.7. The van der Waals surface area contributed by atoms with Gasteiger partial charge in [-0.25, -0.2) is 0 Å². The van der Waals surface area contributed by atoms with E-state index < -0.39 is 0 Å². The molecular formula is C18H21NO. The summed E-state index contributed by atoms with van der Waals surface area (Å²) >= 11 is 0. The van der Waals surface area contributed by atoms with Crippen LogP contribution in [-0.2, 0) is 6.54 Å². The lowest BCUT2D eigenvalue weighted by molar-refractivity contribution is 0.0843. The SMILES string of the molecule is c1ccc(CN2CCC[C@@H](Oc3ccccc3)C2)cc1. The Morgan fingerprint density at radius 1 is 0.950 bits per heavy atom. The summed E-state index contributed by atoms with van der Waals surface area (Å²) in [5.74, 6) is 0.985. The van der Waals surface area contributed by atoms with Crippen molar-refractivity contribution in [3.05, 3.63) is 66.2 Å². The quantitative estimate of drug-likeness (QED) is 0.837. The summed E-state index contributed by atoms with van der Waals surface area (Å²) in [6.45, 7) is 3.21. The van der Waals surface area contributed by atoms with Gasteiger partial charge in [0.2, 0.25) is 0 Å². The number of hydrogen-bond donors (Lipinski definition) is 0. The van der Waals surface area contributed by atoms with E-state index in [1.807, 2.05) is 30.3 Å². The van der Waals surface area contributed by atoms with E-state index in [2.05, 4.69) is 35.2 Å². The highest BCUT2D eigenvalue weighted by atomic mass is 16.5. The zero-order chi connectivity index (χ0) is 13.6. The molecule has 0 aromatic heterocycles. The van der Waals surface area contributed by atoms with E-state index >= 15 is 0 Å². The molecular weight excluding hydrogens is 246 g/mol. The Morgan fingerprint density at radius 3 is 2.40 bits per heavy atom. The van der Waals surface area contributed by atoms with E-state index in [9.17, 15) is 0 Å². The third-order valence-corrected chi connectivity index (χ3v) is 3.76. The summed E-state index contributed by atoms with van der Waals surface area (Å²) in [5.41, 5.74) is 1.38. The van der Waals surface area contributed by atoms with Crippen LogP contribution in [0.1, 0.15) is 18.4 Å². The summed E-state index contributed by atoms with van der Waals surface area (Å²) in [5, 5.41) is 0. The van der Waals surface area contributed by atoms with Crippen molar-refractivity contribution >= 4 is 0 Å². The normalized spacial score (nSPS) is 19.7. The Balaban J connectivity index is 1.57.